The molecule has 0 saturated carbocycles. The summed E-state index contributed by atoms with van der Waals surface area (Å²) >= 11 is 3.34. The zero-order valence-corrected chi connectivity index (χ0v) is 16.4. The molecule has 0 unspecified atom stereocenters. The molecule has 0 aliphatic rings. The van der Waals surface area contributed by atoms with Crippen LogP contribution in [0.5, 0.6) is 5.75 Å². The zero-order valence-electron chi connectivity index (χ0n) is 14.0. The molecule has 0 fully saturated rings. The van der Waals surface area contributed by atoms with Crippen LogP contribution >= 0.6 is 15.9 Å². The van der Waals surface area contributed by atoms with E-state index in [1.807, 2.05) is 37.3 Å². The van der Waals surface area contributed by atoms with Gasteiger partial charge in [0, 0.05) is 10.7 Å². The Balaban J connectivity index is 1.84. The van der Waals surface area contributed by atoms with Gasteiger partial charge in [-0.3, -0.25) is 4.72 Å². The first-order valence-electron chi connectivity index (χ1n) is 7.86. The molecule has 0 amide bonds. The van der Waals surface area contributed by atoms with Gasteiger partial charge in [0.05, 0.1) is 4.90 Å². The average molecular weight is 433 g/mol. The van der Waals surface area contributed by atoms with Crippen LogP contribution in [0.25, 0.3) is 0 Å². The van der Waals surface area contributed by atoms with Crippen molar-refractivity contribution in [2.75, 3.05) is 4.72 Å². The maximum atomic E-state index is 12.6. The smallest absolute Gasteiger partial charge is 0.263 e. The van der Waals surface area contributed by atoms with Gasteiger partial charge in [-0.15, -0.1) is 0 Å². The van der Waals surface area contributed by atoms with Crippen LogP contribution in [0.4, 0.5) is 5.82 Å². The molecule has 1 aromatic heterocycles. The van der Waals surface area contributed by atoms with E-state index in [0.717, 1.165) is 11.1 Å². The summed E-state index contributed by atoms with van der Waals surface area (Å²) in [6.07, 6.45) is 1.52. The second-order valence-electron chi connectivity index (χ2n) is 5.69. The van der Waals surface area contributed by atoms with Gasteiger partial charge in [0.2, 0.25) is 0 Å². The first kappa shape index (κ1) is 18.4. The fraction of sp³-hybridized carbons (Fsp3) is 0.105. The van der Waals surface area contributed by atoms with Crippen molar-refractivity contribution in [2.45, 2.75) is 18.4 Å². The van der Waals surface area contributed by atoms with E-state index in [0.29, 0.717) is 16.8 Å². The number of sulfonamides is 1. The molecule has 3 rings (SSSR count). The predicted molar refractivity (Wildman–Crippen MR) is 105 cm³/mol. The fourth-order valence-electron chi connectivity index (χ4n) is 2.25. The van der Waals surface area contributed by atoms with Crippen molar-refractivity contribution in [1.29, 1.82) is 0 Å². The fourth-order valence-corrected chi connectivity index (χ4v) is 3.58. The molecule has 0 bridgehead atoms. The van der Waals surface area contributed by atoms with Gasteiger partial charge in [0.25, 0.3) is 10.0 Å². The van der Waals surface area contributed by atoms with E-state index in [2.05, 4.69) is 25.6 Å². The Bertz CT molecular complexity index is 991. The van der Waals surface area contributed by atoms with Crippen molar-refractivity contribution in [3.63, 3.8) is 0 Å². The van der Waals surface area contributed by atoms with Crippen molar-refractivity contribution < 1.29 is 13.2 Å². The Labute approximate surface area is 161 Å². The molecule has 0 atom stereocenters. The third-order valence-electron chi connectivity index (χ3n) is 3.62. The highest BCUT2D eigenvalue weighted by Gasteiger charge is 2.18. The van der Waals surface area contributed by atoms with Gasteiger partial charge in [0.1, 0.15) is 6.61 Å². The molecular weight excluding hydrogens is 416 g/mol. The number of hydrogen-bond acceptors (Lipinski definition) is 4. The molecule has 0 aliphatic heterocycles. The standard InChI is InChI=1S/C19H17BrN2O3S/c1-14-7-9-17(10-8-14)26(23,24)22-19-18(11-16(20)12-21-19)25-13-15-5-3-2-4-6-15/h2-12H,13H2,1H3,(H,21,22). The molecule has 0 spiro atoms. The summed E-state index contributed by atoms with van der Waals surface area (Å²) in [6, 6.07) is 17.9. The number of pyridine rings is 1. The number of aromatic nitrogens is 1. The van der Waals surface area contributed by atoms with Crippen LogP contribution in [-0.4, -0.2) is 13.4 Å². The van der Waals surface area contributed by atoms with E-state index >= 15 is 0 Å². The summed E-state index contributed by atoms with van der Waals surface area (Å²) < 4.78 is 34.2. The molecule has 1 N–H and O–H groups in total. The van der Waals surface area contributed by atoms with E-state index in [-0.39, 0.29) is 10.7 Å². The van der Waals surface area contributed by atoms with Crippen LogP contribution in [0, 0.1) is 6.92 Å². The average Bonchev–Trinajstić information content (AvgIpc) is 2.63. The molecule has 134 valence electrons. The van der Waals surface area contributed by atoms with Crippen LogP contribution in [-0.2, 0) is 16.6 Å². The van der Waals surface area contributed by atoms with Crippen LogP contribution in [0.2, 0.25) is 0 Å². The summed E-state index contributed by atoms with van der Waals surface area (Å²) in [5.74, 6) is 0.489. The van der Waals surface area contributed by atoms with Crippen LogP contribution < -0.4 is 9.46 Å². The largest absolute Gasteiger partial charge is 0.485 e. The Morgan fingerprint density at radius 1 is 1.08 bits per heavy atom. The summed E-state index contributed by atoms with van der Waals surface area (Å²) in [5, 5.41) is 0. The first-order chi connectivity index (χ1) is 12.4. The first-order valence-corrected chi connectivity index (χ1v) is 10.1. The minimum atomic E-state index is -3.76. The summed E-state index contributed by atoms with van der Waals surface area (Å²) in [5.41, 5.74) is 1.96. The van der Waals surface area contributed by atoms with Crippen molar-refractivity contribution in [3.8, 4) is 5.75 Å². The molecule has 5 nitrogen and oxygen atoms in total. The lowest BCUT2D eigenvalue weighted by atomic mass is 10.2. The molecule has 2 aromatic carbocycles. The minimum Gasteiger partial charge on any atom is -0.485 e. The van der Waals surface area contributed by atoms with Crippen LogP contribution in [0.1, 0.15) is 11.1 Å². The molecule has 3 aromatic rings. The van der Waals surface area contributed by atoms with Crippen molar-refractivity contribution in [2.24, 2.45) is 0 Å². The minimum absolute atomic E-state index is 0.143. The zero-order chi connectivity index (χ0) is 18.6. The van der Waals surface area contributed by atoms with Gasteiger partial charge in [-0.2, -0.15) is 0 Å². The number of halogens is 1. The number of anilines is 1. The van der Waals surface area contributed by atoms with E-state index in [1.54, 1.807) is 30.3 Å². The molecular formula is C19H17BrN2O3S. The third kappa shape index (κ3) is 4.62. The van der Waals surface area contributed by atoms with Crippen molar-refractivity contribution in [1.82, 2.24) is 4.98 Å². The number of benzene rings is 2. The highest BCUT2D eigenvalue weighted by atomic mass is 79.9. The Morgan fingerprint density at radius 2 is 1.77 bits per heavy atom. The third-order valence-corrected chi connectivity index (χ3v) is 5.41. The van der Waals surface area contributed by atoms with Gasteiger partial charge in [0.15, 0.2) is 11.6 Å². The summed E-state index contributed by atoms with van der Waals surface area (Å²) in [6.45, 7) is 2.20. The molecule has 0 saturated heterocycles. The second kappa shape index (κ2) is 7.88. The molecule has 0 radical (unpaired) electrons. The van der Waals surface area contributed by atoms with Crippen LogP contribution in [0.3, 0.4) is 0 Å². The molecule has 7 heteroatoms. The molecule has 0 aliphatic carbocycles. The predicted octanol–water partition coefficient (Wildman–Crippen LogP) is 4.53. The van der Waals surface area contributed by atoms with E-state index in [1.165, 1.54) is 6.20 Å². The summed E-state index contributed by atoms with van der Waals surface area (Å²) in [4.78, 5) is 4.32. The van der Waals surface area contributed by atoms with Gasteiger partial charge in [-0.25, -0.2) is 13.4 Å². The topological polar surface area (TPSA) is 68.3 Å². The number of aryl methyl sites for hydroxylation is 1. The summed E-state index contributed by atoms with van der Waals surface area (Å²) in [7, 11) is -3.76. The SMILES string of the molecule is Cc1ccc(S(=O)(=O)Nc2ncc(Br)cc2OCc2ccccc2)cc1. The number of hydrogen-bond donors (Lipinski definition) is 1. The van der Waals surface area contributed by atoms with E-state index in [9.17, 15) is 8.42 Å². The number of rotatable bonds is 6. The molecule has 26 heavy (non-hydrogen) atoms. The van der Waals surface area contributed by atoms with Crippen molar-refractivity contribution >= 4 is 31.8 Å². The van der Waals surface area contributed by atoms with Crippen LogP contribution in [0.15, 0.2) is 76.2 Å². The Hall–Kier alpha value is -2.38. The molecule has 1 heterocycles. The van der Waals surface area contributed by atoms with E-state index in [4.69, 9.17) is 4.74 Å². The van der Waals surface area contributed by atoms with Gasteiger partial charge < -0.3 is 4.74 Å². The van der Waals surface area contributed by atoms with Gasteiger partial charge in [-0.1, -0.05) is 48.0 Å². The maximum Gasteiger partial charge on any atom is 0.263 e. The monoisotopic (exact) mass is 432 g/mol. The lowest BCUT2D eigenvalue weighted by Gasteiger charge is -2.13. The normalized spacial score (nSPS) is 11.2. The Morgan fingerprint density at radius 3 is 2.46 bits per heavy atom. The maximum absolute atomic E-state index is 12.6. The Kier molecular flexibility index (Phi) is 5.58. The highest BCUT2D eigenvalue weighted by molar-refractivity contribution is 9.10. The second-order valence-corrected chi connectivity index (χ2v) is 8.29. The quantitative estimate of drug-likeness (QED) is 0.620. The van der Waals surface area contributed by atoms with Crippen molar-refractivity contribution in [3.05, 3.63) is 82.5 Å². The number of nitrogens with zero attached hydrogens (tertiary/aromatic N) is 1. The number of ether oxygens (including phenoxy) is 1. The lowest BCUT2D eigenvalue weighted by molar-refractivity contribution is 0.306. The van der Waals surface area contributed by atoms with Gasteiger partial charge >= 0.3 is 0 Å². The highest BCUT2D eigenvalue weighted by Crippen LogP contribution is 2.28. The van der Waals surface area contributed by atoms with Gasteiger partial charge in [-0.05, 0) is 46.6 Å². The lowest BCUT2D eigenvalue weighted by Crippen LogP contribution is -2.15. The van der Waals surface area contributed by atoms with E-state index < -0.39 is 10.0 Å². The number of nitrogens with one attached hydrogen (secondary N) is 1.